The van der Waals surface area contributed by atoms with Crippen molar-refractivity contribution >= 4 is 17.3 Å². The molecule has 1 aliphatic rings. The van der Waals surface area contributed by atoms with Crippen LogP contribution in [-0.4, -0.2) is 12.0 Å². The first-order chi connectivity index (χ1) is 9.63. The standard InChI is InChI=1S/C16H16N2O2/c1-10-4-2-3-5-11(10)8-15-16(19)18-13-9-12(17)6-7-14(13)20-15/h2-7,9,15H,8,17H2,1H3,(H,18,19). The Morgan fingerprint density at radius 2 is 2.05 bits per heavy atom. The van der Waals surface area contributed by atoms with Gasteiger partial charge in [0.05, 0.1) is 5.69 Å². The van der Waals surface area contributed by atoms with Crippen LogP contribution in [-0.2, 0) is 11.2 Å². The minimum absolute atomic E-state index is 0.133. The molecular weight excluding hydrogens is 252 g/mol. The summed E-state index contributed by atoms with van der Waals surface area (Å²) in [4.78, 5) is 12.1. The summed E-state index contributed by atoms with van der Waals surface area (Å²) in [5.41, 5.74) is 9.21. The van der Waals surface area contributed by atoms with E-state index < -0.39 is 6.10 Å². The van der Waals surface area contributed by atoms with Gasteiger partial charge >= 0.3 is 0 Å². The zero-order valence-corrected chi connectivity index (χ0v) is 11.2. The minimum Gasteiger partial charge on any atom is -0.478 e. The van der Waals surface area contributed by atoms with Crippen molar-refractivity contribution in [1.29, 1.82) is 0 Å². The topological polar surface area (TPSA) is 64.3 Å². The Bertz CT molecular complexity index is 667. The first kappa shape index (κ1) is 12.5. The highest BCUT2D eigenvalue weighted by Crippen LogP contribution is 2.32. The summed E-state index contributed by atoms with van der Waals surface area (Å²) in [5.74, 6) is 0.531. The SMILES string of the molecule is Cc1ccccc1CC1Oc2ccc(N)cc2NC1=O. The van der Waals surface area contributed by atoms with Gasteiger partial charge in [0.2, 0.25) is 0 Å². The molecule has 1 aliphatic heterocycles. The number of hydrogen-bond donors (Lipinski definition) is 2. The number of benzene rings is 2. The molecule has 102 valence electrons. The fourth-order valence-electron chi connectivity index (χ4n) is 2.34. The average Bonchev–Trinajstić information content (AvgIpc) is 2.42. The summed E-state index contributed by atoms with van der Waals surface area (Å²) >= 11 is 0. The van der Waals surface area contributed by atoms with Gasteiger partial charge in [-0.3, -0.25) is 4.79 Å². The lowest BCUT2D eigenvalue weighted by atomic mass is 10.0. The molecule has 0 bridgehead atoms. The van der Waals surface area contributed by atoms with E-state index in [-0.39, 0.29) is 5.91 Å². The van der Waals surface area contributed by atoms with Crippen LogP contribution in [0.3, 0.4) is 0 Å². The Morgan fingerprint density at radius 1 is 1.25 bits per heavy atom. The van der Waals surface area contributed by atoms with Gasteiger partial charge in [0.25, 0.3) is 5.91 Å². The molecule has 1 heterocycles. The van der Waals surface area contributed by atoms with Gasteiger partial charge in [0.1, 0.15) is 5.75 Å². The van der Waals surface area contributed by atoms with Crippen molar-refractivity contribution in [3.05, 3.63) is 53.6 Å². The molecule has 1 amide bonds. The molecule has 0 saturated heterocycles. The van der Waals surface area contributed by atoms with Crippen LogP contribution in [0.15, 0.2) is 42.5 Å². The molecule has 2 aromatic rings. The van der Waals surface area contributed by atoms with Gasteiger partial charge in [-0.2, -0.15) is 0 Å². The van der Waals surface area contributed by atoms with E-state index in [0.29, 0.717) is 23.5 Å². The predicted molar refractivity (Wildman–Crippen MR) is 78.8 cm³/mol. The van der Waals surface area contributed by atoms with Crippen molar-refractivity contribution in [2.75, 3.05) is 11.1 Å². The first-order valence-corrected chi connectivity index (χ1v) is 6.55. The number of nitrogens with two attached hydrogens (primary N) is 1. The fraction of sp³-hybridized carbons (Fsp3) is 0.188. The predicted octanol–water partition coefficient (Wildman–Crippen LogP) is 2.52. The number of anilines is 2. The van der Waals surface area contributed by atoms with Crippen LogP contribution in [0.25, 0.3) is 0 Å². The fourth-order valence-corrected chi connectivity index (χ4v) is 2.34. The molecule has 1 unspecified atom stereocenters. The summed E-state index contributed by atoms with van der Waals surface area (Å²) in [6, 6.07) is 13.3. The summed E-state index contributed by atoms with van der Waals surface area (Å²) in [6.07, 6.45) is 0.0507. The second kappa shape index (κ2) is 4.89. The Balaban J connectivity index is 1.84. The number of ether oxygens (including phenoxy) is 1. The van der Waals surface area contributed by atoms with Crippen LogP contribution in [0.1, 0.15) is 11.1 Å². The van der Waals surface area contributed by atoms with Crippen molar-refractivity contribution in [3.8, 4) is 5.75 Å². The maximum Gasteiger partial charge on any atom is 0.265 e. The van der Waals surface area contributed by atoms with Gasteiger partial charge in [-0.25, -0.2) is 0 Å². The molecule has 0 aromatic heterocycles. The maximum absolute atomic E-state index is 12.1. The molecule has 0 saturated carbocycles. The van der Waals surface area contributed by atoms with Crippen LogP contribution in [0.4, 0.5) is 11.4 Å². The minimum atomic E-state index is -0.507. The van der Waals surface area contributed by atoms with E-state index in [0.717, 1.165) is 11.1 Å². The summed E-state index contributed by atoms with van der Waals surface area (Å²) in [7, 11) is 0. The largest absolute Gasteiger partial charge is 0.478 e. The molecule has 20 heavy (non-hydrogen) atoms. The highest BCUT2D eigenvalue weighted by atomic mass is 16.5. The number of nitrogens with one attached hydrogen (secondary N) is 1. The Hall–Kier alpha value is -2.49. The number of carbonyl (C=O) groups is 1. The van der Waals surface area contributed by atoms with Crippen LogP contribution in [0.2, 0.25) is 0 Å². The molecule has 0 fully saturated rings. The monoisotopic (exact) mass is 268 g/mol. The van der Waals surface area contributed by atoms with Gasteiger partial charge in [0, 0.05) is 12.1 Å². The van der Waals surface area contributed by atoms with Gasteiger partial charge in [-0.05, 0) is 36.2 Å². The maximum atomic E-state index is 12.1. The summed E-state index contributed by atoms with van der Waals surface area (Å²) in [5, 5.41) is 2.85. The molecule has 0 spiro atoms. The lowest BCUT2D eigenvalue weighted by Crippen LogP contribution is -2.38. The number of aryl methyl sites for hydroxylation is 1. The molecular formula is C16H16N2O2. The number of nitrogen functional groups attached to an aromatic ring is 1. The molecule has 1 atom stereocenters. The quantitative estimate of drug-likeness (QED) is 0.823. The smallest absolute Gasteiger partial charge is 0.265 e. The molecule has 2 aromatic carbocycles. The highest BCUT2D eigenvalue weighted by Gasteiger charge is 2.28. The lowest BCUT2D eigenvalue weighted by molar-refractivity contribution is -0.123. The zero-order valence-electron chi connectivity index (χ0n) is 11.2. The van der Waals surface area contributed by atoms with E-state index in [4.69, 9.17) is 10.5 Å². The van der Waals surface area contributed by atoms with E-state index in [1.54, 1.807) is 18.2 Å². The van der Waals surface area contributed by atoms with E-state index >= 15 is 0 Å². The molecule has 0 radical (unpaired) electrons. The van der Waals surface area contributed by atoms with E-state index in [2.05, 4.69) is 5.32 Å². The Labute approximate surface area is 117 Å². The van der Waals surface area contributed by atoms with Crippen molar-refractivity contribution in [1.82, 2.24) is 0 Å². The average molecular weight is 268 g/mol. The summed E-state index contributed by atoms with van der Waals surface area (Å²) in [6.45, 7) is 2.03. The first-order valence-electron chi connectivity index (χ1n) is 6.55. The van der Waals surface area contributed by atoms with Crippen LogP contribution in [0.5, 0.6) is 5.75 Å². The van der Waals surface area contributed by atoms with Gasteiger partial charge in [-0.1, -0.05) is 24.3 Å². The molecule has 4 heteroatoms. The Kier molecular flexibility index (Phi) is 3.06. The van der Waals surface area contributed by atoms with Crippen LogP contribution < -0.4 is 15.8 Å². The normalized spacial score (nSPS) is 17.1. The zero-order chi connectivity index (χ0) is 14.1. The second-order valence-electron chi connectivity index (χ2n) is 4.98. The number of rotatable bonds is 2. The number of amides is 1. The van der Waals surface area contributed by atoms with Crippen LogP contribution >= 0.6 is 0 Å². The van der Waals surface area contributed by atoms with E-state index in [9.17, 15) is 4.79 Å². The second-order valence-corrected chi connectivity index (χ2v) is 4.98. The Morgan fingerprint density at radius 3 is 2.85 bits per heavy atom. The van der Waals surface area contributed by atoms with Crippen molar-refractivity contribution in [3.63, 3.8) is 0 Å². The molecule has 3 rings (SSSR count). The van der Waals surface area contributed by atoms with Gasteiger partial charge in [0.15, 0.2) is 6.10 Å². The summed E-state index contributed by atoms with van der Waals surface area (Å²) < 4.78 is 5.79. The molecule has 3 N–H and O–H groups in total. The molecule has 4 nitrogen and oxygen atoms in total. The van der Waals surface area contributed by atoms with E-state index in [1.165, 1.54) is 0 Å². The number of carbonyl (C=O) groups excluding carboxylic acids is 1. The third-order valence-corrected chi connectivity index (χ3v) is 3.49. The number of hydrogen-bond acceptors (Lipinski definition) is 3. The lowest BCUT2D eigenvalue weighted by Gasteiger charge is -2.26. The third-order valence-electron chi connectivity index (χ3n) is 3.49. The van der Waals surface area contributed by atoms with Crippen molar-refractivity contribution < 1.29 is 9.53 Å². The van der Waals surface area contributed by atoms with Gasteiger partial charge in [-0.15, -0.1) is 0 Å². The van der Waals surface area contributed by atoms with E-state index in [1.807, 2.05) is 31.2 Å². The molecule has 0 aliphatic carbocycles. The third kappa shape index (κ3) is 2.32. The van der Waals surface area contributed by atoms with Gasteiger partial charge < -0.3 is 15.8 Å². The van der Waals surface area contributed by atoms with Crippen LogP contribution in [0, 0.1) is 6.92 Å². The van der Waals surface area contributed by atoms with Crippen molar-refractivity contribution in [2.24, 2.45) is 0 Å². The number of fused-ring (bicyclic) bond motifs is 1. The highest BCUT2D eigenvalue weighted by molar-refractivity contribution is 5.98. The van der Waals surface area contributed by atoms with Crippen molar-refractivity contribution in [2.45, 2.75) is 19.4 Å².